The number of sulfonamides is 1. The van der Waals surface area contributed by atoms with Crippen LogP contribution >= 0.6 is 11.6 Å². The zero-order valence-corrected chi connectivity index (χ0v) is 12.3. The van der Waals surface area contributed by atoms with E-state index in [2.05, 4.69) is 10.0 Å². The number of amides is 1. The van der Waals surface area contributed by atoms with Gasteiger partial charge in [-0.1, -0.05) is 11.6 Å². The first kappa shape index (κ1) is 15.7. The molecule has 2 N–H and O–H groups in total. The van der Waals surface area contributed by atoms with Crippen molar-refractivity contribution in [3.63, 3.8) is 0 Å². The van der Waals surface area contributed by atoms with E-state index in [9.17, 15) is 13.2 Å². The molecule has 19 heavy (non-hydrogen) atoms. The Kier molecular flexibility index (Phi) is 5.16. The van der Waals surface area contributed by atoms with Crippen molar-refractivity contribution in [2.45, 2.75) is 17.9 Å². The van der Waals surface area contributed by atoms with Crippen molar-refractivity contribution in [3.05, 3.63) is 23.2 Å². The van der Waals surface area contributed by atoms with E-state index in [-0.39, 0.29) is 9.92 Å². The average molecular weight is 307 g/mol. The van der Waals surface area contributed by atoms with Gasteiger partial charge in [-0.15, -0.1) is 0 Å². The third-order valence-electron chi connectivity index (χ3n) is 2.41. The predicted octanol–water partition coefficient (Wildman–Crippen LogP) is 0.761. The minimum Gasteiger partial charge on any atom is -0.495 e. The number of carbonyl (C=O) groups is 1. The summed E-state index contributed by atoms with van der Waals surface area (Å²) in [7, 11) is -0.953. The van der Waals surface area contributed by atoms with E-state index in [4.69, 9.17) is 16.3 Å². The first-order chi connectivity index (χ1) is 8.81. The Labute approximate surface area is 117 Å². The zero-order valence-electron chi connectivity index (χ0n) is 10.7. The van der Waals surface area contributed by atoms with Crippen molar-refractivity contribution in [1.29, 1.82) is 0 Å². The highest BCUT2D eigenvalue weighted by Gasteiger charge is 2.22. The van der Waals surface area contributed by atoms with E-state index in [1.54, 1.807) is 0 Å². The molecule has 0 fully saturated rings. The van der Waals surface area contributed by atoms with E-state index < -0.39 is 22.0 Å². The number of methoxy groups -OCH3 is 1. The number of halogens is 1. The minimum atomic E-state index is -3.81. The van der Waals surface area contributed by atoms with Crippen LogP contribution in [0, 0.1) is 0 Å². The van der Waals surface area contributed by atoms with Crippen molar-refractivity contribution in [2.24, 2.45) is 0 Å². The number of ether oxygens (including phenoxy) is 1. The topological polar surface area (TPSA) is 84.5 Å². The predicted molar refractivity (Wildman–Crippen MR) is 71.9 cm³/mol. The fourth-order valence-electron chi connectivity index (χ4n) is 1.39. The fraction of sp³-hybridized carbons (Fsp3) is 0.364. The van der Waals surface area contributed by atoms with Crippen LogP contribution in [0.4, 0.5) is 0 Å². The van der Waals surface area contributed by atoms with E-state index in [1.807, 2.05) is 0 Å². The van der Waals surface area contributed by atoms with Gasteiger partial charge < -0.3 is 10.1 Å². The molecule has 0 unspecified atom stereocenters. The fourth-order valence-corrected chi connectivity index (χ4v) is 2.94. The van der Waals surface area contributed by atoms with Gasteiger partial charge in [0.15, 0.2) is 0 Å². The van der Waals surface area contributed by atoms with Crippen LogP contribution in [0.15, 0.2) is 23.1 Å². The normalized spacial score (nSPS) is 12.8. The molecule has 0 saturated carbocycles. The molecule has 0 saturated heterocycles. The summed E-state index contributed by atoms with van der Waals surface area (Å²) in [5, 5.41) is 2.54. The number of hydrogen-bond donors (Lipinski definition) is 2. The molecule has 8 heteroatoms. The molecule has 0 aromatic heterocycles. The molecule has 1 rings (SSSR count). The smallest absolute Gasteiger partial charge is 0.241 e. The largest absolute Gasteiger partial charge is 0.495 e. The Hall–Kier alpha value is -1.31. The van der Waals surface area contributed by atoms with Crippen molar-refractivity contribution in [1.82, 2.24) is 10.0 Å². The van der Waals surface area contributed by atoms with Gasteiger partial charge >= 0.3 is 0 Å². The van der Waals surface area contributed by atoms with Gasteiger partial charge in [0.1, 0.15) is 5.75 Å². The van der Waals surface area contributed by atoms with E-state index in [0.29, 0.717) is 5.75 Å². The molecule has 1 aromatic carbocycles. The third-order valence-corrected chi connectivity index (χ3v) is 4.24. The molecule has 0 heterocycles. The lowest BCUT2D eigenvalue weighted by Gasteiger charge is -2.13. The number of nitrogens with one attached hydrogen (secondary N) is 2. The lowest BCUT2D eigenvalue weighted by Crippen LogP contribution is -2.43. The van der Waals surface area contributed by atoms with Gasteiger partial charge in [-0.25, -0.2) is 8.42 Å². The highest BCUT2D eigenvalue weighted by Crippen LogP contribution is 2.26. The van der Waals surface area contributed by atoms with Gasteiger partial charge in [-0.3, -0.25) is 4.79 Å². The summed E-state index contributed by atoms with van der Waals surface area (Å²) in [4.78, 5) is 11.3. The molecular weight excluding hydrogens is 292 g/mol. The SMILES string of the molecule is CNC(=O)[C@H](C)NS(=O)(=O)c1ccc(OC)c(Cl)c1. The number of carbonyl (C=O) groups excluding carboxylic acids is 1. The standard InChI is InChI=1S/C11H15ClN2O4S/c1-7(11(15)13-2)14-19(16,17)8-4-5-10(18-3)9(12)6-8/h4-7,14H,1-3H3,(H,13,15)/t7-/m0/s1. The van der Waals surface area contributed by atoms with Crippen molar-refractivity contribution < 1.29 is 17.9 Å². The van der Waals surface area contributed by atoms with Gasteiger partial charge in [0.2, 0.25) is 15.9 Å². The van der Waals surface area contributed by atoms with Crippen LogP contribution in [-0.2, 0) is 14.8 Å². The van der Waals surface area contributed by atoms with Crippen LogP contribution in [0.3, 0.4) is 0 Å². The summed E-state index contributed by atoms with van der Waals surface area (Å²) in [6, 6.07) is 3.18. The molecule has 1 aromatic rings. The molecule has 0 bridgehead atoms. The summed E-state index contributed by atoms with van der Waals surface area (Å²) >= 11 is 5.87. The second kappa shape index (κ2) is 6.23. The second-order valence-electron chi connectivity index (χ2n) is 3.75. The van der Waals surface area contributed by atoms with Crippen LogP contribution < -0.4 is 14.8 Å². The maximum absolute atomic E-state index is 12.0. The van der Waals surface area contributed by atoms with Crippen molar-refractivity contribution in [2.75, 3.05) is 14.2 Å². The third kappa shape index (κ3) is 3.82. The monoisotopic (exact) mass is 306 g/mol. The molecule has 0 aliphatic rings. The second-order valence-corrected chi connectivity index (χ2v) is 5.87. The van der Waals surface area contributed by atoms with Crippen LogP contribution in [0.5, 0.6) is 5.75 Å². The molecule has 1 amide bonds. The Morgan fingerprint density at radius 3 is 2.53 bits per heavy atom. The van der Waals surface area contributed by atoms with Gasteiger partial charge in [-0.2, -0.15) is 4.72 Å². The van der Waals surface area contributed by atoms with Crippen LogP contribution in [0.1, 0.15) is 6.92 Å². The lowest BCUT2D eigenvalue weighted by atomic mass is 10.3. The van der Waals surface area contributed by atoms with Gasteiger partial charge in [-0.05, 0) is 25.1 Å². The van der Waals surface area contributed by atoms with Gasteiger partial charge in [0.25, 0.3) is 0 Å². The molecule has 0 aliphatic heterocycles. The minimum absolute atomic E-state index is 0.0333. The van der Waals surface area contributed by atoms with Crippen molar-refractivity contribution >= 4 is 27.5 Å². The van der Waals surface area contributed by atoms with Gasteiger partial charge in [0.05, 0.1) is 23.1 Å². The molecular formula is C11H15ClN2O4S. The summed E-state index contributed by atoms with van der Waals surface area (Å²) in [6.07, 6.45) is 0. The Balaban J connectivity index is 3.01. The first-order valence-corrected chi connectivity index (χ1v) is 7.25. The lowest BCUT2D eigenvalue weighted by molar-refractivity contribution is -0.121. The Bertz CT molecular complexity index is 574. The number of benzene rings is 1. The van der Waals surface area contributed by atoms with Gasteiger partial charge in [0, 0.05) is 7.05 Å². The van der Waals surface area contributed by atoms with Crippen LogP contribution in [0.25, 0.3) is 0 Å². The van der Waals surface area contributed by atoms with Crippen LogP contribution in [-0.4, -0.2) is 34.5 Å². The molecule has 0 aliphatic carbocycles. The zero-order chi connectivity index (χ0) is 14.6. The number of hydrogen-bond acceptors (Lipinski definition) is 4. The Morgan fingerprint density at radius 1 is 1.42 bits per heavy atom. The summed E-state index contributed by atoms with van der Waals surface area (Å²) in [6.45, 7) is 1.45. The molecule has 106 valence electrons. The average Bonchev–Trinajstić information content (AvgIpc) is 2.37. The highest BCUT2D eigenvalue weighted by atomic mass is 35.5. The number of rotatable bonds is 5. The number of likely N-dealkylation sites (N-methyl/N-ethyl adjacent to an activating group) is 1. The quantitative estimate of drug-likeness (QED) is 0.841. The Morgan fingerprint density at radius 2 is 2.05 bits per heavy atom. The first-order valence-electron chi connectivity index (χ1n) is 5.39. The van der Waals surface area contributed by atoms with Crippen molar-refractivity contribution in [3.8, 4) is 5.75 Å². The van der Waals surface area contributed by atoms with E-state index in [0.717, 1.165) is 0 Å². The maximum atomic E-state index is 12.0. The molecule has 0 radical (unpaired) electrons. The molecule has 0 spiro atoms. The summed E-state index contributed by atoms with van der Waals surface area (Å²) < 4.78 is 31.2. The summed E-state index contributed by atoms with van der Waals surface area (Å²) in [5.74, 6) is -0.0526. The van der Waals surface area contributed by atoms with E-state index in [1.165, 1.54) is 39.3 Å². The molecule has 1 atom stereocenters. The maximum Gasteiger partial charge on any atom is 0.241 e. The van der Waals surface area contributed by atoms with Crippen LogP contribution in [0.2, 0.25) is 5.02 Å². The molecule has 6 nitrogen and oxygen atoms in total. The summed E-state index contributed by atoms with van der Waals surface area (Å²) in [5.41, 5.74) is 0. The van der Waals surface area contributed by atoms with E-state index >= 15 is 0 Å². The highest BCUT2D eigenvalue weighted by molar-refractivity contribution is 7.89.